The van der Waals surface area contributed by atoms with E-state index in [-0.39, 0.29) is 11.9 Å². The summed E-state index contributed by atoms with van der Waals surface area (Å²) in [6, 6.07) is 8.92. The van der Waals surface area contributed by atoms with E-state index in [1.807, 2.05) is 45.9 Å². The number of benzene rings is 1. The number of ether oxygens (including phenoxy) is 3. The summed E-state index contributed by atoms with van der Waals surface area (Å²) < 4.78 is 17.1. The lowest BCUT2D eigenvalue weighted by Gasteiger charge is -2.25. The molecule has 0 saturated heterocycles. The van der Waals surface area contributed by atoms with Crippen LogP contribution in [-0.4, -0.2) is 42.7 Å². The molecule has 1 atom stereocenters. The van der Waals surface area contributed by atoms with Crippen molar-refractivity contribution in [2.45, 2.75) is 33.7 Å². The Bertz CT molecular complexity index is 722. The predicted molar refractivity (Wildman–Crippen MR) is 105 cm³/mol. The van der Waals surface area contributed by atoms with Gasteiger partial charge in [0.15, 0.2) is 11.5 Å². The van der Waals surface area contributed by atoms with E-state index in [4.69, 9.17) is 14.2 Å². The van der Waals surface area contributed by atoms with Crippen LogP contribution in [0.15, 0.2) is 36.5 Å². The molecule has 1 amide bonds. The molecule has 0 saturated carbocycles. The molecule has 0 radical (unpaired) electrons. The minimum absolute atomic E-state index is 0.141. The molecule has 0 N–H and O–H groups in total. The number of aromatic nitrogens is 1. The van der Waals surface area contributed by atoms with Gasteiger partial charge in [-0.15, -0.1) is 0 Å². The Morgan fingerprint density at radius 1 is 1.04 bits per heavy atom. The van der Waals surface area contributed by atoms with Crippen LogP contribution in [0, 0.1) is 0 Å². The molecule has 27 heavy (non-hydrogen) atoms. The van der Waals surface area contributed by atoms with Crippen LogP contribution < -0.4 is 14.2 Å². The molecule has 0 aliphatic carbocycles. The number of carbonyl (C=O) groups excluding carboxylic acids is 1. The third-order valence-electron chi connectivity index (χ3n) is 4.17. The van der Waals surface area contributed by atoms with E-state index in [0.29, 0.717) is 42.6 Å². The van der Waals surface area contributed by atoms with Gasteiger partial charge in [-0.2, -0.15) is 0 Å². The summed E-state index contributed by atoms with van der Waals surface area (Å²) in [4.78, 5) is 19.1. The van der Waals surface area contributed by atoms with E-state index in [9.17, 15) is 4.79 Å². The van der Waals surface area contributed by atoms with E-state index in [2.05, 4.69) is 4.98 Å². The van der Waals surface area contributed by atoms with Crippen molar-refractivity contribution in [1.29, 1.82) is 0 Å². The number of hydrogen-bond acceptors (Lipinski definition) is 5. The Hall–Kier alpha value is -2.76. The summed E-state index contributed by atoms with van der Waals surface area (Å²) in [6.45, 7) is 9.02. The monoisotopic (exact) mass is 372 g/mol. The maximum absolute atomic E-state index is 13.1. The second-order valence-corrected chi connectivity index (χ2v) is 5.95. The fourth-order valence-corrected chi connectivity index (χ4v) is 2.71. The summed E-state index contributed by atoms with van der Waals surface area (Å²) in [5, 5.41) is 0. The van der Waals surface area contributed by atoms with Gasteiger partial charge in [-0.3, -0.25) is 9.78 Å². The average Bonchev–Trinajstić information content (AvgIpc) is 2.69. The molecular weight excluding hydrogens is 344 g/mol. The average molecular weight is 372 g/mol. The van der Waals surface area contributed by atoms with E-state index >= 15 is 0 Å². The Balaban J connectivity index is 2.39. The number of hydrogen-bond donors (Lipinski definition) is 0. The van der Waals surface area contributed by atoms with E-state index in [0.717, 1.165) is 5.69 Å². The van der Waals surface area contributed by atoms with Crippen LogP contribution in [0.25, 0.3) is 0 Å². The van der Waals surface area contributed by atoms with Gasteiger partial charge in [-0.25, -0.2) is 0 Å². The first kappa shape index (κ1) is 20.6. The van der Waals surface area contributed by atoms with Crippen LogP contribution >= 0.6 is 0 Å². The Morgan fingerprint density at radius 3 is 2.11 bits per heavy atom. The molecule has 0 aliphatic rings. The zero-order valence-electron chi connectivity index (χ0n) is 16.7. The van der Waals surface area contributed by atoms with Crippen LogP contribution in [0.4, 0.5) is 0 Å². The maximum atomic E-state index is 13.1. The first-order valence-electron chi connectivity index (χ1n) is 9.27. The normalized spacial score (nSPS) is 11.6. The van der Waals surface area contributed by atoms with Crippen LogP contribution in [0.5, 0.6) is 17.2 Å². The molecule has 6 heteroatoms. The second kappa shape index (κ2) is 9.80. The zero-order chi connectivity index (χ0) is 19.8. The highest BCUT2D eigenvalue weighted by molar-refractivity contribution is 5.95. The highest BCUT2D eigenvalue weighted by Gasteiger charge is 2.23. The Labute approximate surface area is 161 Å². The number of rotatable bonds is 9. The molecule has 1 aromatic carbocycles. The molecular formula is C21H28N2O4. The fourth-order valence-electron chi connectivity index (χ4n) is 2.71. The minimum atomic E-state index is -0.170. The van der Waals surface area contributed by atoms with Crippen molar-refractivity contribution >= 4 is 5.91 Å². The van der Waals surface area contributed by atoms with Gasteiger partial charge in [-0.05, 0) is 52.0 Å². The fraction of sp³-hybridized carbons (Fsp3) is 0.429. The van der Waals surface area contributed by atoms with E-state index in [1.54, 1.807) is 30.3 Å². The van der Waals surface area contributed by atoms with Crippen molar-refractivity contribution in [2.24, 2.45) is 0 Å². The SMILES string of the molecule is CCOc1cc(C(=O)N(C)C(C)c2ccccn2)cc(OCC)c1OCC. The van der Waals surface area contributed by atoms with Crippen molar-refractivity contribution in [2.75, 3.05) is 26.9 Å². The molecule has 1 aromatic heterocycles. The summed E-state index contributed by atoms with van der Waals surface area (Å²) in [5.74, 6) is 1.40. The highest BCUT2D eigenvalue weighted by Crippen LogP contribution is 2.39. The van der Waals surface area contributed by atoms with Gasteiger partial charge in [-0.1, -0.05) is 6.07 Å². The van der Waals surface area contributed by atoms with Gasteiger partial charge in [0.25, 0.3) is 5.91 Å². The Kier molecular flexibility index (Phi) is 7.46. The lowest BCUT2D eigenvalue weighted by Crippen LogP contribution is -2.30. The molecule has 0 aliphatic heterocycles. The molecule has 0 bridgehead atoms. The maximum Gasteiger partial charge on any atom is 0.254 e. The number of nitrogens with zero attached hydrogens (tertiary/aromatic N) is 2. The van der Waals surface area contributed by atoms with Gasteiger partial charge >= 0.3 is 0 Å². The van der Waals surface area contributed by atoms with E-state index < -0.39 is 0 Å². The molecule has 6 nitrogen and oxygen atoms in total. The topological polar surface area (TPSA) is 60.9 Å². The lowest BCUT2D eigenvalue weighted by atomic mass is 10.1. The van der Waals surface area contributed by atoms with Gasteiger partial charge in [0.05, 0.1) is 31.6 Å². The molecule has 2 rings (SSSR count). The van der Waals surface area contributed by atoms with Crippen molar-refractivity contribution in [3.63, 3.8) is 0 Å². The number of carbonyl (C=O) groups is 1. The summed E-state index contributed by atoms with van der Waals surface area (Å²) in [6.07, 6.45) is 1.72. The van der Waals surface area contributed by atoms with Gasteiger partial charge in [0, 0.05) is 18.8 Å². The number of pyridine rings is 1. The van der Waals surface area contributed by atoms with Gasteiger partial charge < -0.3 is 19.1 Å². The largest absolute Gasteiger partial charge is 0.490 e. The third kappa shape index (κ3) is 4.90. The second-order valence-electron chi connectivity index (χ2n) is 5.95. The molecule has 2 aromatic rings. The van der Waals surface area contributed by atoms with Crippen molar-refractivity contribution < 1.29 is 19.0 Å². The molecule has 146 valence electrons. The summed E-state index contributed by atoms with van der Waals surface area (Å²) >= 11 is 0. The quantitative estimate of drug-likeness (QED) is 0.663. The summed E-state index contributed by atoms with van der Waals surface area (Å²) in [7, 11) is 1.76. The van der Waals surface area contributed by atoms with Crippen LogP contribution in [-0.2, 0) is 0 Å². The van der Waals surface area contributed by atoms with Crippen LogP contribution in [0.1, 0.15) is 49.8 Å². The van der Waals surface area contributed by atoms with E-state index in [1.165, 1.54) is 0 Å². The minimum Gasteiger partial charge on any atom is -0.490 e. The van der Waals surface area contributed by atoms with Crippen molar-refractivity contribution in [1.82, 2.24) is 9.88 Å². The Morgan fingerprint density at radius 2 is 1.63 bits per heavy atom. The molecule has 1 unspecified atom stereocenters. The highest BCUT2D eigenvalue weighted by atomic mass is 16.5. The van der Waals surface area contributed by atoms with Crippen LogP contribution in [0.2, 0.25) is 0 Å². The molecule has 0 fully saturated rings. The van der Waals surface area contributed by atoms with Gasteiger partial charge in [0.1, 0.15) is 0 Å². The smallest absolute Gasteiger partial charge is 0.254 e. The van der Waals surface area contributed by atoms with Gasteiger partial charge in [0.2, 0.25) is 5.75 Å². The molecule has 1 heterocycles. The van der Waals surface area contributed by atoms with Crippen molar-refractivity contribution in [3.05, 3.63) is 47.8 Å². The molecule has 0 spiro atoms. The third-order valence-corrected chi connectivity index (χ3v) is 4.17. The lowest BCUT2D eigenvalue weighted by molar-refractivity contribution is 0.0738. The van der Waals surface area contributed by atoms with Crippen molar-refractivity contribution in [3.8, 4) is 17.2 Å². The standard InChI is InChI=1S/C21H28N2O4/c1-6-25-18-13-16(14-19(26-7-2)20(18)27-8-3)21(24)23(5)15(4)17-11-9-10-12-22-17/h9-15H,6-8H2,1-5H3. The number of amides is 1. The van der Waals surface area contributed by atoms with Crippen LogP contribution in [0.3, 0.4) is 0 Å². The first-order valence-corrected chi connectivity index (χ1v) is 9.27. The summed E-state index contributed by atoms with van der Waals surface area (Å²) in [5.41, 5.74) is 1.31. The first-order chi connectivity index (χ1) is 13.0. The predicted octanol–water partition coefficient (Wildman–Crippen LogP) is 4.11. The zero-order valence-corrected chi connectivity index (χ0v) is 16.7.